The molecule has 0 bridgehead atoms. The molecule has 0 atom stereocenters. The lowest BCUT2D eigenvalue weighted by atomic mass is 10.1. The summed E-state index contributed by atoms with van der Waals surface area (Å²) in [4.78, 5) is 32.1. The van der Waals surface area contributed by atoms with Crippen LogP contribution in [0.15, 0.2) is 48.5 Å². The second-order valence-corrected chi connectivity index (χ2v) is 6.21. The Morgan fingerprint density at radius 3 is 2.54 bits per heavy atom. The van der Waals surface area contributed by atoms with E-state index in [1.54, 1.807) is 20.0 Å². The van der Waals surface area contributed by atoms with Crippen molar-refractivity contribution in [2.45, 2.75) is 13.3 Å². The van der Waals surface area contributed by atoms with E-state index in [-0.39, 0.29) is 11.9 Å². The zero-order chi connectivity index (χ0) is 19.9. The summed E-state index contributed by atoms with van der Waals surface area (Å²) >= 11 is 0. The van der Waals surface area contributed by atoms with Crippen LogP contribution in [0.2, 0.25) is 0 Å². The molecule has 3 amide bonds. The molecule has 2 aromatic carbocycles. The van der Waals surface area contributed by atoms with Crippen molar-refractivity contribution in [3.8, 4) is 0 Å². The Kier molecular flexibility index (Phi) is 6.01. The van der Waals surface area contributed by atoms with Crippen LogP contribution < -0.4 is 21.3 Å². The third-order valence-corrected chi connectivity index (χ3v) is 4.02. The Morgan fingerprint density at radius 2 is 1.75 bits per heavy atom. The van der Waals surface area contributed by atoms with E-state index >= 15 is 0 Å². The van der Waals surface area contributed by atoms with Gasteiger partial charge in [0.2, 0.25) is 11.9 Å². The lowest BCUT2D eigenvalue weighted by molar-refractivity contribution is -0.120. The quantitative estimate of drug-likeness (QED) is 0.527. The van der Waals surface area contributed by atoms with E-state index in [0.717, 1.165) is 10.8 Å². The van der Waals surface area contributed by atoms with Gasteiger partial charge in [-0.3, -0.25) is 10.1 Å². The van der Waals surface area contributed by atoms with Crippen LogP contribution in [0, 0.1) is 6.92 Å². The number of nitrogens with one attached hydrogen (secondary N) is 4. The number of fused-ring (bicyclic) bond motifs is 1. The average molecular weight is 378 g/mol. The van der Waals surface area contributed by atoms with Crippen LogP contribution in [-0.4, -0.2) is 35.5 Å². The van der Waals surface area contributed by atoms with Crippen LogP contribution in [-0.2, 0) is 4.79 Å². The maximum Gasteiger partial charge on any atom is 0.326 e. The number of urea groups is 1. The van der Waals surface area contributed by atoms with Gasteiger partial charge < -0.3 is 16.0 Å². The Hall–Kier alpha value is -3.68. The zero-order valence-electron chi connectivity index (χ0n) is 15.7. The van der Waals surface area contributed by atoms with Gasteiger partial charge in [-0.05, 0) is 29.8 Å². The highest BCUT2D eigenvalue weighted by Crippen LogP contribution is 2.19. The summed E-state index contributed by atoms with van der Waals surface area (Å²) in [6.07, 6.45) is 0.324. The fourth-order valence-electron chi connectivity index (χ4n) is 2.68. The largest absolute Gasteiger partial charge is 0.369 e. The Morgan fingerprint density at radius 1 is 0.964 bits per heavy atom. The van der Waals surface area contributed by atoms with Crippen LogP contribution in [0.25, 0.3) is 10.8 Å². The van der Waals surface area contributed by atoms with Gasteiger partial charge in [0, 0.05) is 37.5 Å². The molecular weight excluding hydrogens is 356 g/mol. The molecule has 0 fully saturated rings. The summed E-state index contributed by atoms with van der Waals surface area (Å²) in [6, 6.07) is 14.9. The Bertz CT molecular complexity index is 1000. The number of amides is 3. The standard InChI is InChI=1S/C20H22N6O2/c1-13-11-17(22-10-9-18(27)21-2)25-19(23-13)26-20(28)24-16-8-7-14-5-3-4-6-15(14)12-16/h3-8,11-12H,9-10H2,1-2H3,(H,21,27)(H3,22,23,24,25,26,28). The molecule has 0 aliphatic carbocycles. The molecule has 0 spiro atoms. The molecule has 144 valence electrons. The molecule has 3 aromatic rings. The molecule has 28 heavy (non-hydrogen) atoms. The number of nitrogens with zero attached hydrogens (tertiary/aromatic N) is 2. The summed E-state index contributed by atoms with van der Waals surface area (Å²) in [5, 5.41) is 13.2. The van der Waals surface area contributed by atoms with E-state index in [9.17, 15) is 9.59 Å². The minimum atomic E-state index is -0.433. The zero-order valence-corrected chi connectivity index (χ0v) is 15.7. The van der Waals surface area contributed by atoms with Crippen LogP contribution in [0.5, 0.6) is 0 Å². The topological polar surface area (TPSA) is 108 Å². The number of benzene rings is 2. The number of hydrogen-bond donors (Lipinski definition) is 4. The second kappa shape index (κ2) is 8.81. The number of rotatable bonds is 6. The highest BCUT2D eigenvalue weighted by Gasteiger charge is 2.08. The molecule has 1 aromatic heterocycles. The van der Waals surface area contributed by atoms with Crippen LogP contribution in [0.4, 0.5) is 22.2 Å². The molecule has 0 unspecified atom stereocenters. The van der Waals surface area contributed by atoms with Gasteiger partial charge in [-0.1, -0.05) is 30.3 Å². The van der Waals surface area contributed by atoms with Crippen molar-refractivity contribution in [1.82, 2.24) is 15.3 Å². The molecular formula is C20H22N6O2. The monoisotopic (exact) mass is 378 g/mol. The lowest BCUT2D eigenvalue weighted by Gasteiger charge is -2.10. The smallest absolute Gasteiger partial charge is 0.326 e. The minimum absolute atomic E-state index is 0.0635. The van der Waals surface area contributed by atoms with Crippen molar-refractivity contribution in [3.05, 3.63) is 54.2 Å². The van der Waals surface area contributed by atoms with E-state index in [1.165, 1.54) is 0 Å². The van der Waals surface area contributed by atoms with Gasteiger partial charge in [0.15, 0.2) is 0 Å². The van der Waals surface area contributed by atoms with Gasteiger partial charge >= 0.3 is 6.03 Å². The third kappa shape index (κ3) is 5.16. The second-order valence-electron chi connectivity index (χ2n) is 6.21. The fourth-order valence-corrected chi connectivity index (χ4v) is 2.68. The first-order valence-corrected chi connectivity index (χ1v) is 8.90. The molecule has 0 aliphatic rings. The maximum absolute atomic E-state index is 12.3. The van der Waals surface area contributed by atoms with Crippen molar-refractivity contribution in [2.24, 2.45) is 0 Å². The molecule has 8 nitrogen and oxygen atoms in total. The fraction of sp³-hybridized carbons (Fsp3) is 0.200. The van der Waals surface area contributed by atoms with Crippen molar-refractivity contribution < 1.29 is 9.59 Å². The van der Waals surface area contributed by atoms with Crippen LogP contribution >= 0.6 is 0 Å². The van der Waals surface area contributed by atoms with Crippen LogP contribution in [0.3, 0.4) is 0 Å². The first-order valence-electron chi connectivity index (χ1n) is 8.90. The van der Waals surface area contributed by atoms with Gasteiger partial charge in [0.25, 0.3) is 0 Å². The van der Waals surface area contributed by atoms with Crippen molar-refractivity contribution in [3.63, 3.8) is 0 Å². The number of carbonyl (C=O) groups is 2. The van der Waals surface area contributed by atoms with Crippen molar-refractivity contribution >= 4 is 40.2 Å². The highest BCUT2D eigenvalue weighted by atomic mass is 16.2. The molecule has 0 saturated carbocycles. The molecule has 8 heteroatoms. The first kappa shape index (κ1) is 19.1. The molecule has 4 N–H and O–H groups in total. The predicted octanol–water partition coefficient (Wildman–Crippen LogP) is 3.13. The number of anilines is 3. The summed E-state index contributed by atoms with van der Waals surface area (Å²) in [5.74, 6) is 0.657. The first-order chi connectivity index (χ1) is 13.5. The Balaban J connectivity index is 1.63. The third-order valence-electron chi connectivity index (χ3n) is 4.02. The summed E-state index contributed by atoms with van der Waals surface area (Å²) in [6.45, 7) is 2.23. The lowest BCUT2D eigenvalue weighted by Crippen LogP contribution is -2.22. The van der Waals surface area contributed by atoms with E-state index < -0.39 is 6.03 Å². The molecule has 3 rings (SSSR count). The molecule has 0 saturated heterocycles. The van der Waals surface area contributed by atoms with Crippen LogP contribution in [0.1, 0.15) is 12.1 Å². The SMILES string of the molecule is CNC(=O)CCNc1cc(C)nc(NC(=O)Nc2ccc3ccccc3c2)n1. The molecule has 0 aliphatic heterocycles. The summed E-state index contributed by atoms with van der Waals surface area (Å²) in [7, 11) is 1.59. The highest BCUT2D eigenvalue weighted by molar-refractivity contribution is 6.00. The predicted molar refractivity (Wildman–Crippen MR) is 111 cm³/mol. The van der Waals surface area contributed by atoms with Gasteiger partial charge in [0.1, 0.15) is 5.82 Å². The normalized spacial score (nSPS) is 10.4. The van der Waals surface area contributed by atoms with Gasteiger partial charge in [-0.25, -0.2) is 9.78 Å². The summed E-state index contributed by atoms with van der Waals surface area (Å²) in [5.41, 5.74) is 1.37. The maximum atomic E-state index is 12.3. The van der Waals surface area contributed by atoms with Crippen molar-refractivity contribution in [1.29, 1.82) is 0 Å². The van der Waals surface area contributed by atoms with E-state index in [1.807, 2.05) is 42.5 Å². The minimum Gasteiger partial charge on any atom is -0.369 e. The van der Waals surface area contributed by atoms with Crippen molar-refractivity contribution in [2.75, 3.05) is 29.5 Å². The van der Waals surface area contributed by atoms with E-state index in [4.69, 9.17) is 0 Å². The number of hydrogen-bond acceptors (Lipinski definition) is 5. The van der Waals surface area contributed by atoms with Gasteiger partial charge in [-0.15, -0.1) is 0 Å². The van der Waals surface area contributed by atoms with E-state index in [0.29, 0.717) is 30.2 Å². The molecule has 0 radical (unpaired) electrons. The average Bonchev–Trinajstić information content (AvgIpc) is 2.67. The number of aromatic nitrogens is 2. The van der Waals surface area contributed by atoms with Gasteiger partial charge in [-0.2, -0.15) is 4.98 Å². The number of aryl methyl sites for hydroxylation is 1. The molecule has 1 heterocycles. The Labute approximate surface area is 162 Å². The number of carbonyl (C=O) groups excluding carboxylic acids is 2. The van der Waals surface area contributed by atoms with Gasteiger partial charge in [0.05, 0.1) is 0 Å². The van der Waals surface area contributed by atoms with E-state index in [2.05, 4.69) is 31.2 Å². The summed E-state index contributed by atoms with van der Waals surface area (Å²) < 4.78 is 0.